The van der Waals surface area contributed by atoms with Crippen LogP contribution in [0.2, 0.25) is 0 Å². The van der Waals surface area contributed by atoms with Crippen LogP contribution < -0.4 is 5.32 Å². The Balaban J connectivity index is 1.70. The monoisotopic (exact) mass is 435 g/mol. The van der Waals surface area contributed by atoms with Gasteiger partial charge < -0.3 is 10.1 Å². The molecule has 0 amide bonds. The van der Waals surface area contributed by atoms with E-state index >= 15 is 0 Å². The van der Waals surface area contributed by atoms with Gasteiger partial charge in [-0.3, -0.25) is 0 Å². The minimum atomic E-state index is -4.89. The molecule has 2 aromatic rings. The van der Waals surface area contributed by atoms with Crippen molar-refractivity contribution >= 4 is 0 Å². The zero-order valence-electron chi connectivity index (χ0n) is 15.8. The molecule has 9 heteroatoms. The summed E-state index contributed by atoms with van der Waals surface area (Å²) in [6.07, 6.45) is -9.02. The maximum atomic E-state index is 13.2. The van der Waals surface area contributed by atoms with Crippen molar-refractivity contribution in [3.63, 3.8) is 0 Å². The summed E-state index contributed by atoms with van der Waals surface area (Å²) in [5, 5.41) is 3.20. The van der Waals surface area contributed by atoms with Gasteiger partial charge in [0, 0.05) is 12.5 Å². The number of nitrogens with one attached hydrogen (secondary N) is 1. The van der Waals surface area contributed by atoms with Crippen molar-refractivity contribution in [2.24, 2.45) is 5.92 Å². The van der Waals surface area contributed by atoms with Gasteiger partial charge in [0.2, 0.25) is 0 Å². The van der Waals surface area contributed by atoms with Crippen molar-refractivity contribution in [2.75, 3.05) is 19.7 Å². The Kier molecular flexibility index (Phi) is 6.71. The van der Waals surface area contributed by atoms with Crippen molar-refractivity contribution in [1.29, 1.82) is 0 Å². The van der Waals surface area contributed by atoms with Crippen LogP contribution in [0.4, 0.5) is 30.7 Å². The molecule has 2 atom stereocenters. The van der Waals surface area contributed by atoms with Crippen LogP contribution in [0.1, 0.15) is 34.6 Å². The minimum Gasteiger partial charge on any atom is -0.376 e. The third kappa shape index (κ3) is 5.72. The third-order valence-corrected chi connectivity index (χ3v) is 5.15. The zero-order valence-corrected chi connectivity index (χ0v) is 15.8. The second-order valence-corrected chi connectivity index (χ2v) is 7.34. The molecule has 1 saturated heterocycles. The predicted octanol–water partition coefficient (Wildman–Crippen LogP) is 5.77. The van der Waals surface area contributed by atoms with Crippen molar-refractivity contribution in [3.8, 4) is 0 Å². The molecule has 0 radical (unpaired) electrons. The molecule has 0 aliphatic carbocycles. The number of halogens is 7. The lowest BCUT2D eigenvalue weighted by atomic mass is 9.81. The van der Waals surface area contributed by atoms with Gasteiger partial charge in [-0.05, 0) is 60.3 Å². The number of rotatable bonds is 5. The van der Waals surface area contributed by atoms with Crippen LogP contribution in [0.15, 0.2) is 42.5 Å². The SMILES string of the molecule is Fc1ccc(C2CCNC[C@H]2COCc2cc(C(F)(F)F)cc(C(F)(F)F)c2)cc1. The quantitative estimate of drug-likeness (QED) is 0.602. The van der Waals surface area contributed by atoms with Crippen molar-refractivity contribution in [2.45, 2.75) is 31.3 Å². The molecule has 0 bridgehead atoms. The molecule has 2 aromatic carbocycles. The first-order chi connectivity index (χ1) is 14.0. The highest BCUT2D eigenvalue weighted by atomic mass is 19.4. The molecule has 0 saturated carbocycles. The lowest BCUT2D eigenvalue weighted by Gasteiger charge is -2.32. The van der Waals surface area contributed by atoms with Crippen molar-refractivity contribution in [1.82, 2.24) is 5.32 Å². The van der Waals surface area contributed by atoms with Gasteiger partial charge in [0.1, 0.15) is 5.82 Å². The maximum absolute atomic E-state index is 13.2. The summed E-state index contributed by atoms with van der Waals surface area (Å²) in [5.41, 5.74) is -2.00. The Morgan fingerprint density at radius 1 is 0.900 bits per heavy atom. The summed E-state index contributed by atoms with van der Waals surface area (Å²) < 4.78 is 96.5. The molecule has 3 rings (SSSR count). The highest BCUT2D eigenvalue weighted by molar-refractivity contribution is 5.33. The van der Waals surface area contributed by atoms with E-state index in [1.807, 2.05) is 0 Å². The highest BCUT2D eigenvalue weighted by Crippen LogP contribution is 2.37. The van der Waals surface area contributed by atoms with Crippen LogP contribution in [0.25, 0.3) is 0 Å². The number of ether oxygens (including phenoxy) is 1. The van der Waals surface area contributed by atoms with Crippen LogP contribution in [0, 0.1) is 11.7 Å². The fourth-order valence-corrected chi connectivity index (χ4v) is 3.68. The average Bonchev–Trinajstić information content (AvgIpc) is 2.67. The van der Waals surface area contributed by atoms with Gasteiger partial charge in [0.15, 0.2) is 0 Å². The molecular formula is C21H20F7NO. The Bertz CT molecular complexity index is 814. The van der Waals surface area contributed by atoms with Gasteiger partial charge in [-0.25, -0.2) is 4.39 Å². The third-order valence-electron chi connectivity index (χ3n) is 5.15. The van der Waals surface area contributed by atoms with E-state index in [1.165, 1.54) is 12.1 Å². The van der Waals surface area contributed by atoms with Crippen LogP contribution >= 0.6 is 0 Å². The first-order valence-electron chi connectivity index (χ1n) is 9.36. The number of alkyl halides is 6. The van der Waals surface area contributed by atoms with Crippen molar-refractivity contribution < 1.29 is 35.5 Å². The van der Waals surface area contributed by atoms with Gasteiger partial charge >= 0.3 is 12.4 Å². The van der Waals surface area contributed by atoms with Gasteiger partial charge in [-0.1, -0.05) is 12.1 Å². The van der Waals surface area contributed by atoms with E-state index in [0.29, 0.717) is 18.7 Å². The number of hydrogen-bond acceptors (Lipinski definition) is 2. The fraction of sp³-hybridized carbons (Fsp3) is 0.429. The van der Waals surface area contributed by atoms with Crippen LogP contribution in [0.3, 0.4) is 0 Å². The molecule has 30 heavy (non-hydrogen) atoms. The summed E-state index contributed by atoms with van der Waals surface area (Å²) >= 11 is 0. The van der Waals surface area contributed by atoms with E-state index in [4.69, 9.17) is 4.74 Å². The Morgan fingerprint density at radius 3 is 2.07 bits per heavy atom. The fourth-order valence-electron chi connectivity index (χ4n) is 3.68. The van der Waals surface area contributed by atoms with E-state index in [0.717, 1.165) is 18.5 Å². The van der Waals surface area contributed by atoms with Gasteiger partial charge in [0.05, 0.1) is 24.3 Å². The molecule has 0 aromatic heterocycles. The lowest BCUT2D eigenvalue weighted by molar-refractivity contribution is -0.143. The van der Waals surface area contributed by atoms with E-state index in [9.17, 15) is 30.7 Å². The normalized spacial score (nSPS) is 20.4. The topological polar surface area (TPSA) is 21.3 Å². The first kappa shape index (κ1) is 22.6. The summed E-state index contributed by atoms with van der Waals surface area (Å²) in [4.78, 5) is 0. The molecule has 164 valence electrons. The van der Waals surface area contributed by atoms with Crippen LogP contribution in [-0.2, 0) is 23.7 Å². The maximum Gasteiger partial charge on any atom is 0.416 e. The Hall–Kier alpha value is -2.13. The van der Waals surface area contributed by atoms with Gasteiger partial charge in [0.25, 0.3) is 0 Å². The first-order valence-corrected chi connectivity index (χ1v) is 9.36. The standard InChI is InChI=1S/C21H20F7NO/c22-18-3-1-14(2-4-18)19-5-6-29-10-15(19)12-30-11-13-7-16(20(23,24)25)9-17(8-13)21(26,27)28/h1-4,7-9,15,19,29H,5-6,10-12H2/t15-,19?/m0/s1. The van der Waals surface area contributed by atoms with E-state index in [-0.39, 0.29) is 42.5 Å². The average molecular weight is 435 g/mol. The Labute approximate surface area is 169 Å². The van der Waals surface area contributed by atoms with E-state index < -0.39 is 23.5 Å². The zero-order chi connectivity index (χ0) is 21.9. The highest BCUT2D eigenvalue weighted by Gasteiger charge is 2.37. The lowest BCUT2D eigenvalue weighted by Crippen LogP contribution is -2.37. The molecule has 1 N–H and O–H groups in total. The summed E-state index contributed by atoms with van der Waals surface area (Å²) in [5.74, 6) is -0.346. The second kappa shape index (κ2) is 8.93. The van der Waals surface area contributed by atoms with E-state index in [1.54, 1.807) is 12.1 Å². The molecule has 1 unspecified atom stereocenters. The molecule has 1 aliphatic heterocycles. The Morgan fingerprint density at radius 2 is 1.50 bits per heavy atom. The summed E-state index contributed by atoms with van der Waals surface area (Å²) in [6.45, 7) is 1.10. The van der Waals surface area contributed by atoms with Crippen LogP contribution in [0.5, 0.6) is 0 Å². The number of piperidine rings is 1. The van der Waals surface area contributed by atoms with Gasteiger partial charge in [-0.15, -0.1) is 0 Å². The molecule has 1 fully saturated rings. The summed E-state index contributed by atoms with van der Waals surface area (Å²) in [7, 11) is 0. The summed E-state index contributed by atoms with van der Waals surface area (Å²) in [6, 6.07) is 7.52. The smallest absolute Gasteiger partial charge is 0.376 e. The molecule has 1 aliphatic rings. The van der Waals surface area contributed by atoms with Crippen molar-refractivity contribution in [3.05, 3.63) is 70.5 Å². The largest absolute Gasteiger partial charge is 0.416 e. The molecular weight excluding hydrogens is 415 g/mol. The van der Waals surface area contributed by atoms with Gasteiger partial charge in [-0.2, -0.15) is 26.3 Å². The minimum absolute atomic E-state index is 0.0444. The van der Waals surface area contributed by atoms with Crippen LogP contribution in [-0.4, -0.2) is 19.7 Å². The number of benzene rings is 2. The molecule has 2 nitrogen and oxygen atoms in total. The molecule has 0 spiro atoms. The van der Waals surface area contributed by atoms with E-state index in [2.05, 4.69) is 5.32 Å². The second-order valence-electron chi connectivity index (χ2n) is 7.34. The predicted molar refractivity (Wildman–Crippen MR) is 96.2 cm³/mol. The molecule has 1 heterocycles. The number of hydrogen-bond donors (Lipinski definition) is 1.